The number of nitrogens with zero attached hydrogens (tertiary/aromatic N) is 1. The van der Waals surface area contributed by atoms with E-state index in [0.29, 0.717) is 36.2 Å². The smallest absolute Gasteiger partial charge is 0.408 e. The Morgan fingerprint density at radius 1 is 1.03 bits per heavy atom. The number of amides is 3. The van der Waals surface area contributed by atoms with E-state index in [0.717, 1.165) is 12.0 Å². The highest BCUT2D eigenvalue weighted by Gasteiger charge is 2.36. The number of benzene rings is 2. The fourth-order valence-corrected chi connectivity index (χ4v) is 4.27. The largest absolute Gasteiger partial charge is 0.508 e. The summed E-state index contributed by atoms with van der Waals surface area (Å²) in [6.07, 6.45) is 1.16. The standard InChI is InChI=1S/C31H45N3O5/c1-9-10-17-34(29(37)25(18-20(2)3)33-30(38)39-31(6,7)8)27(23-15-16-26(35)22(5)19-23)28(36)32-24-14-12-11-13-21(24)4/h11-16,19-20,25,27,35H,9-10,17-18H2,1-8H3,(H,32,36)(H,33,38). The van der Waals surface area contributed by atoms with E-state index >= 15 is 0 Å². The van der Waals surface area contributed by atoms with Crippen molar-refractivity contribution in [3.8, 4) is 5.75 Å². The summed E-state index contributed by atoms with van der Waals surface area (Å²) >= 11 is 0. The molecule has 39 heavy (non-hydrogen) atoms. The maximum Gasteiger partial charge on any atom is 0.408 e. The van der Waals surface area contributed by atoms with Crippen LogP contribution in [0.2, 0.25) is 0 Å². The highest BCUT2D eigenvalue weighted by molar-refractivity contribution is 5.99. The maximum atomic E-state index is 14.2. The quantitative estimate of drug-likeness (QED) is 0.312. The van der Waals surface area contributed by atoms with Gasteiger partial charge in [-0.25, -0.2) is 4.79 Å². The van der Waals surface area contributed by atoms with Crippen LogP contribution in [0.1, 0.15) is 83.5 Å². The molecule has 0 heterocycles. The van der Waals surface area contributed by atoms with Gasteiger partial charge in [-0.2, -0.15) is 0 Å². The summed E-state index contributed by atoms with van der Waals surface area (Å²) in [5.74, 6) is -0.539. The second kappa shape index (κ2) is 14.0. The van der Waals surface area contributed by atoms with Crippen LogP contribution in [0, 0.1) is 19.8 Å². The van der Waals surface area contributed by atoms with Gasteiger partial charge in [0.25, 0.3) is 5.91 Å². The summed E-state index contributed by atoms with van der Waals surface area (Å²) in [5.41, 5.74) is 1.98. The predicted molar refractivity (Wildman–Crippen MR) is 155 cm³/mol. The summed E-state index contributed by atoms with van der Waals surface area (Å²) in [4.78, 5) is 42.4. The van der Waals surface area contributed by atoms with Crippen molar-refractivity contribution in [3.05, 3.63) is 59.2 Å². The van der Waals surface area contributed by atoms with E-state index in [9.17, 15) is 19.5 Å². The summed E-state index contributed by atoms with van der Waals surface area (Å²) < 4.78 is 5.45. The molecule has 0 bridgehead atoms. The molecule has 0 radical (unpaired) electrons. The number of hydrogen-bond donors (Lipinski definition) is 3. The third-order valence-electron chi connectivity index (χ3n) is 6.23. The van der Waals surface area contributed by atoms with Crippen LogP contribution in [0.3, 0.4) is 0 Å². The van der Waals surface area contributed by atoms with Crippen molar-refractivity contribution < 1.29 is 24.2 Å². The van der Waals surface area contributed by atoms with Crippen LogP contribution in [0.4, 0.5) is 10.5 Å². The van der Waals surface area contributed by atoms with Gasteiger partial charge in [-0.1, -0.05) is 51.5 Å². The zero-order valence-electron chi connectivity index (χ0n) is 24.6. The zero-order valence-corrected chi connectivity index (χ0v) is 24.6. The number of phenols is 1. The Hall–Kier alpha value is -3.55. The van der Waals surface area contributed by atoms with Crippen molar-refractivity contribution >= 4 is 23.6 Å². The SMILES string of the molecule is CCCCN(C(=O)C(CC(C)C)NC(=O)OC(C)(C)C)C(C(=O)Nc1ccccc1C)c1ccc(O)c(C)c1. The first-order valence-electron chi connectivity index (χ1n) is 13.7. The van der Waals surface area contributed by atoms with Crippen molar-refractivity contribution in [1.29, 1.82) is 0 Å². The lowest BCUT2D eigenvalue weighted by Gasteiger charge is -2.35. The van der Waals surface area contributed by atoms with Gasteiger partial charge in [0.1, 0.15) is 23.4 Å². The first-order valence-corrected chi connectivity index (χ1v) is 13.7. The summed E-state index contributed by atoms with van der Waals surface area (Å²) in [6, 6.07) is 10.5. The average molecular weight is 540 g/mol. The fraction of sp³-hybridized carbons (Fsp3) is 0.516. The van der Waals surface area contributed by atoms with Gasteiger partial charge in [0, 0.05) is 12.2 Å². The number of ether oxygens (including phenoxy) is 1. The zero-order chi connectivity index (χ0) is 29.3. The van der Waals surface area contributed by atoms with Crippen molar-refractivity contribution in [2.24, 2.45) is 5.92 Å². The van der Waals surface area contributed by atoms with Gasteiger partial charge in [-0.05, 0) is 88.3 Å². The summed E-state index contributed by atoms with van der Waals surface area (Å²) in [5, 5.41) is 15.9. The van der Waals surface area contributed by atoms with Gasteiger partial charge in [0.05, 0.1) is 0 Å². The van der Waals surface area contributed by atoms with Crippen molar-refractivity contribution in [2.45, 2.75) is 92.3 Å². The van der Waals surface area contributed by atoms with Gasteiger partial charge in [0.15, 0.2) is 0 Å². The van der Waals surface area contributed by atoms with Gasteiger partial charge >= 0.3 is 6.09 Å². The molecule has 0 aliphatic rings. The molecule has 2 rings (SSSR count). The first kappa shape index (κ1) is 31.7. The first-order chi connectivity index (χ1) is 18.2. The van der Waals surface area contributed by atoms with Crippen molar-refractivity contribution in [3.63, 3.8) is 0 Å². The molecule has 0 fully saturated rings. The Labute approximate surface area is 233 Å². The number of unbranched alkanes of at least 4 members (excludes halogenated alkanes) is 1. The number of anilines is 1. The highest BCUT2D eigenvalue weighted by Crippen LogP contribution is 2.29. The third kappa shape index (κ3) is 9.61. The van der Waals surface area contributed by atoms with Crippen LogP contribution in [-0.4, -0.2) is 46.1 Å². The molecule has 0 spiro atoms. The molecule has 8 heteroatoms. The number of nitrogens with one attached hydrogen (secondary N) is 2. The molecule has 0 aromatic heterocycles. The molecule has 214 valence electrons. The van der Waals surface area contributed by atoms with Crippen molar-refractivity contribution in [2.75, 3.05) is 11.9 Å². The highest BCUT2D eigenvalue weighted by atomic mass is 16.6. The van der Waals surface area contributed by atoms with E-state index in [4.69, 9.17) is 4.74 Å². The number of para-hydroxylation sites is 1. The molecule has 2 atom stereocenters. The molecule has 0 aliphatic heterocycles. The minimum Gasteiger partial charge on any atom is -0.508 e. The minimum atomic E-state index is -0.988. The lowest BCUT2D eigenvalue weighted by Crippen LogP contribution is -2.53. The molecule has 0 aliphatic carbocycles. The normalized spacial score (nSPS) is 12.9. The number of phenolic OH excluding ortho intramolecular Hbond substituents is 1. The monoisotopic (exact) mass is 539 g/mol. The summed E-state index contributed by atoms with van der Waals surface area (Å²) in [7, 11) is 0. The number of aromatic hydroxyl groups is 1. The van der Waals surface area contributed by atoms with Gasteiger partial charge < -0.3 is 25.4 Å². The Morgan fingerprint density at radius 2 is 1.69 bits per heavy atom. The minimum absolute atomic E-state index is 0.0945. The Balaban J connectivity index is 2.57. The molecule has 3 N–H and O–H groups in total. The summed E-state index contributed by atoms with van der Waals surface area (Å²) in [6.45, 7) is 15.2. The van der Waals surface area contributed by atoms with Gasteiger partial charge in [0.2, 0.25) is 5.91 Å². The van der Waals surface area contributed by atoms with E-state index in [1.807, 2.05) is 52.0 Å². The topological polar surface area (TPSA) is 108 Å². The van der Waals surface area contributed by atoms with E-state index < -0.39 is 23.8 Å². The number of alkyl carbamates (subject to hydrolysis) is 1. The maximum absolute atomic E-state index is 14.2. The fourth-order valence-electron chi connectivity index (χ4n) is 4.27. The van der Waals surface area contributed by atoms with Gasteiger partial charge in [-0.15, -0.1) is 0 Å². The number of rotatable bonds is 11. The number of carbonyl (C=O) groups excluding carboxylic acids is 3. The molecular formula is C31H45N3O5. The number of hydrogen-bond acceptors (Lipinski definition) is 5. The number of aryl methyl sites for hydroxylation is 2. The molecule has 8 nitrogen and oxygen atoms in total. The van der Waals surface area contributed by atoms with E-state index in [2.05, 4.69) is 10.6 Å². The molecule has 2 aromatic rings. The van der Waals surface area contributed by atoms with Crippen molar-refractivity contribution in [1.82, 2.24) is 10.2 Å². The molecule has 2 aromatic carbocycles. The number of carbonyl (C=O) groups is 3. The van der Waals surface area contributed by atoms with Crippen LogP contribution in [0.15, 0.2) is 42.5 Å². The van der Waals surface area contributed by atoms with Crippen LogP contribution in [0.25, 0.3) is 0 Å². The van der Waals surface area contributed by atoms with E-state index in [1.54, 1.807) is 44.7 Å². The Morgan fingerprint density at radius 3 is 2.26 bits per heavy atom. The Kier molecular flexibility index (Phi) is 11.4. The predicted octanol–water partition coefficient (Wildman–Crippen LogP) is 6.26. The average Bonchev–Trinajstić information content (AvgIpc) is 2.82. The van der Waals surface area contributed by atoms with Crippen LogP contribution in [0.5, 0.6) is 5.75 Å². The van der Waals surface area contributed by atoms with Crippen LogP contribution < -0.4 is 10.6 Å². The Bertz CT molecular complexity index is 1140. The third-order valence-corrected chi connectivity index (χ3v) is 6.23. The molecule has 3 amide bonds. The lowest BCUT2D eigenvalue weighted by atomic mass is 9.97. The molecular weight excluding hydrogens is 494 g/mol. The van der Waals surface area contributed by atoms with E-state index in [1.165, 1.54) is 6.07 Å². The van der Waals surface area contributed by atoms with Gasteiger partial charge in [-0.3, -0.25) is 9.59 Å². The lowest BCUT2D eigenvalue weighted by molar-refractivity contribution is -0.141. The van der Waals surface area contributed by atoms with Crippen LogP contribution in [-0.2, 0) is 14.3 Å². The molecule has 0 saturated carbocycles. The van der Waals surface area contributed by atoms with E-state index in [-0.39, 0.29) is 23.5 Å². The molecule has 2 unspecified atom stereocenters. The second-order valence-electron chi connectivity index (χ2n) is 11.5. The van der Waals surface area contributed by atoms with Crippen LogP contribution >= 0.6 is 0 Å². The molecule has 0 saturated heterocycles. The second-order valence-corrected chi connectivity index (χ2v) is 11.5.